The van der Waals surface area contributed by atoms with Crippen molar-refractivity contribution in [3.8, 4) is 11.3 Å². The van der Waals surface area contributed by atoms with E-state index in [9.17, 15) is 8.42 Å². The number of pyridine rings is 1. The molecule has 0 radical (unpaired) electrons. The lowest BCUT2D eigenvalue weighted by atomic mass is 9.99. The zero-order valence-electron chi connectivity index (χ0n) is 13.5. The number of rotatable bonds is 2. The number of benzene rings is 1. The van der Waals surface area contributed by atoms with E-state index in [1.807, 2.05) is 65.7 Å². The third-order valence-electron chi connectivity index (χ3n) is 4.23. The highest BCUT2D eigenvalue weighted by Crippen LogP contribution is 2.27. The number of sulfonamides is 1. The Morgan fingerprint density at radius 3 is 2.56 bits per heavy atom. The molecule has 25 heavy (non-hydrogen) atoms. The summed E-state index contributed by atoms with van der Waals surface area (Å²) in [6, 6.07) is 13.7. The maximum absolute atomic E-state index is 12.1. The molecule has 0 saturated heterocycles. The molecule has 0 bridgehead atoms. The topological polar surface area (TPSA) is 62.6 Å². The molecular formula is C19H17N3O2S. The molecule has 0 aliphatic carbocycles. The van der Waals surface area contributed by atoms with Crippen molar-refractivity contribution in [3.05, 3.63) is 72.6 Å². The molecule has 126 valence electrons. The second-order valence-corrected chi connectivity index (χ2v) is 7.72. The summed E-state index contributed by atoms with van der Waals surface area (Å²) in [4.78, 5) is 6.26. The molecule has 3 heterocycles. The van der Waals surface area contributed by atoms with Gasteiger partial charge in [-0.15, -0.1) is 4.40 Å². The van der Waals surface area contributed by atoms with Crippen LogP contribution >= 0.6 is 0 Å². The molecule has 0 atom stereocenters. The van der Waals surface area contributed by atoms with E-state index in [1.165, 1.54) is 0 Å². The predicted molar refractivity (Wildman–Crippen MR) is 99.3 cm³/mol. The van der Waals surface area contributed by atoms with Crippen LogP contribution in [0.2, 0.25) is 0 Å². The summed E-state index contributed by atoms with van der Waals surface area (Å²) in [5, 5.41) is 0. The number of nitrogens with zero attached hydrogens (tertiary/aromatic N) is 3. The SMILES string of the molecule is O=S1(=O)CCCN2C=CC=C(c3ccc(-c4ccccn4)cc3)C2=N1. The monoisotopic (exact) mass is 351 g/mol. The number of hydrogen-bond donors (Lipinski definition) is 0. The molecule has 0 amide bonds. The Hall–Kier alpha value is -2.73. The smallest absolute Gasteiger partial charge is 0.255 e. The summed E-state index contributed by atoms with van der Waals surface area (Å²) in [6.07, 6.45) is 8.06. The minimum absolute atomic E-state index is 0.0900. The van der Waals surface area contributed by atoms with Gasteiger partial charge in [-0.05, 0) is 36.3 Å². The van der Waals surface area contributed by atoms with Crippen LogP contribution in [0, 0.1) is 0 Å². The largest absolute Gasteiger partial charge is 0.332 e. The fourth-order valence-electron chi connectivity index (χ4n) is 3.00. The van der Waals surface area contributed by atoms with Gasteiger partial charge in [-0.25, -0.2) is 8.42 Å². The van der Waals surface area contributed by atoms with Gasteiger partial charge in [-0.3, -0.25) is 4.98 Å². The molecule has 0 saturated carbocycles. The molecular weight excluding hydrogens is 334 g/mol. The number of fused-ring (bicyclic) bond motifs is 1. The van der Waals surface area contributed by atoms with E-state index >= 15 is 0 Å². The Balaban J connectivity index is 1.72. The highest BCUT2D eigenvalue weighted by Gasteiger charge is 2.25. The lowest BCUT2D eigenvalue weighted by Gasteiger charge is -2.24. The molecule has 4 rings (SSSR count). The van der Waals surface area contributed by atoms with Crippen LogP contribution in [0.4, 0.5) is 0 Å². The van der Waals surface area contributed by atoms with Crippen molar-refractivity contribution in [3.63, 3.8) is 0 Å². The first kappa shape index (κ1) is 15.8. The van der Waals surface area contributed by atoms with Crippen molar-refractivity contribution < 1.29 is 8.42 Å². The highest BCUT2D eigenvalue weighted by molar-refractivity contribution is 7.90. The van der Waals surface area contributed by atoms with Crippen LogP contribution in [0.15, 0.2) is 71.4 Å². The Morgan fingerprint density at radius 2 is 1.80 bits per heavy atom. The third kappa shape index (κ3) is 3.25. The van der Waals surface area contributed by atoms with E-state index in [0.717, 1.165) is 22.4 Å². The minimum atomic E-state index is -3.42. The van der Waals surface area contributed by atoms with Gasteiger partial charge < -0.3 is 4.90 Å². The molecule has 5 nitrogen and oxygen atoms in total. The van der Waals surface area contributed by atoms with Crippen LogP contribution in [-0.4, -0.2) is 36.4 Å². The molecule has 0 fully saturated rings. The van der Waals surface area contributed by atoms with E-state index in [-0.39, 0.29) is 5.75 Å². The Morgan fingerprint density at radius 1 is 1.00 bits per heavy atom. The number of aromatic nitrogens is 1. The van der Waals surface area contributed by atoms with Crippen LogP contribution in [0.1, 0.15) is 12.0 Å². The number of amidine groups is 1. The standard InChI is InChI=1S/C19H17N3O2S/c23-25(24)14-4-13-22-12-3-5-17(19(22)21-25)15-7-9-16(10-8-15)18-6-1-2-11-20-18/h1-3,5-12H,4,13-14H2. The second kappa shape index (κ2) is 6.29. The molecule has 2 aliphatic rings. The lowest BCUT2D eigenvalue weighted by molar-refractivity contribution is 0.554. The maximum atomic E-state index is 12.1. The molecule has 0 spiro atoms. The summed E-state index contributed by atoms with van der Waals surface area (Å²) in [6.45, 7) is 0.651. The summed E-state index contributed by atoms with van der Waals surface area (Å²) in [5.41, 5.74) is 3.68. The van der Waals surface area contributed by atoms with Gasteiger partial charge in [0.05, 0.1) is 11.4 Å². The van der Waals surface area contributed by atoms with E-state index in [1.54, 1.807) is 6.20 Å². The zero-order valence-corrected chi connectivity index (χ0v) is 14.4. The van der Waals surface area contributed by atoms with Gasteiger partial charge in [-0.1, -0.05) is 30.3 Å². The van der Waals surface area contributed by atoms with Crippen molar-refractivity contribution in [1.29, 1.82) is 0 Å². The molecule has 2 aromatic rings. The molecule has 0 N–H and O–H groups in total. The van der Waals surface area contributed by atoms with Crippen LogP contribution < -0.4 is 0 Å². The first-order chi connectivity index (χ1) is 12.1. The van der Waals surface area contributed by atoms with Crippen molar-refractivity contribution >= 4 is 21.4 Å². The molecule has 1 aromatic heterocycles. The molecule has 6 heteroatoms. The quantitative estimate of drug-likeness (QED) is 0.834. The maximum Gasteiger partial charge on any atom is 0.255 e. The van der Waals surface area contributed by atoms with Gasteiger partial charge in [0.15, 0.2) is 5.84 Å². The highest BCUT2D eigenvalue weighted by atomic mass is 32.2. The molecule has 1 aromatic carbocycles. The zero-order chi connectivity index (χ0) is 17.3. The summed E-state index contributed by atoms with van der Waals surface area (Å²) in [5.74, 6) is 0.595. The average Bonchev–Trinajstić information content (AvgIpc) is 2.79. The van der Waals surface area contributed by atoms with Gasteiger partial charge in [0.25, 0.3) is 10.0 Å². The van der Waals surface area contributed by atoms with E-state index < -0.39 is 10.0 Å². The van der Waals surface area contributed by atoms with Gasteiger partial charge in [0.2, 0.25) is 0 Å². The first-order valence-electron chi connectivity index (χ1n) is 8.12. The van der Waals surface area contributed by atoms with Crippen molar-refractivity contribution in [2.45, 2.75) is 6.42 Å². The minimum Gasteiger partial charge on any atom is -0.332 e. The van der Waals surface area contributed by atoms with Crippen LogP contribution in [0.25, 0.3) is 16.8 Å². The van der Waals surface area contributed by atoms with Crippen LogP contribution in [0.3, 0.4) is 0 Å². The molecule has 2 aliphatic heterocycles. The lowest BCUT2D eigenvalue weighted by Crippen LogP contribution is -2.28. The second-order valence-electron chi connectivity index (χ2n) is 5.96. The van der Waals surface area contributed by atoms with Crippen molar-refractivity contribution in [2.75, 3.05) is 12.3 Å². The summed E-state index contributed by atoms with van der Waals surface area (Å²) >= 11 is 0. The normalized spacial score (nSPS) is 18.8. The Bertz CT molecular complexity index is 975. The van der Waals surface area contributed by atoms with Gasteiger partial charge in [0, 0.05) is 30.1 Å². The van der Waals surface area contributed by atoms with E-state index in [2.05, 4.69) is 9.38 Å². The van der Waals surface area contributed by atoms with Gasteiger partial charge in [-0.2, -0.15) is 0 Å². The summed E-state index contributed by atoms with van der Waals surface area (Å²) < 4.78 is 28.2. The Kier molecular flexibility index (Phi) is 3.97. The van der Waals surface area contributed by atoms with Crippen LogP contribution in [-0.2, 0) is 10.0 Å². The van der Waals surface area contributed by atoms with Crippen molar-refractivity contribution in [2.24, 2.45) is 4.40 Å². The first-order valence-corrected chi connectivity index (χ1v) is 9.73. The Labute approximate surface area is 147 Å². The number of allylic oxidation sites excluding steroid dienone is 2. The van der Waals surface area contributed by atoms with Gasteiger partial charge in [0.1, 0.15) is 0 Å². The number of hydrogen-bond acceptors (Lipinski definition) is 4. The van der Waals surface area contributed by atoms with Crippen molar-refractivity contribution in [1.82, 2.24) is 9.88 Å². The van der Waals surface area contributed by atoms with Crippen LogP contribution in [0.5, 0.6) is 0 Å². The summed E-state index contributed by atoms with van der Waals surface area (Å²) in [7, 11) is -3.42. The van der Waals surface area contributed by atoms with E-state index in [0.29, 0.717) is 18.8 Å². The third-order valence-corrected chi connectivity index (χ3v) is 5.48. The van der Waals surface area contributed by atoms with E-state index in [4.69, 9.17) is 0 Å². The fourth-order valence-corrected chi connectivity index (χ4v) is 4.05. The fraction of sp³-hybridized carbons (Fsp3) is 0.158. The molecule has 0 unspecified atom stereocenters. The predicted octanol–water partition coefficient (Wildman–Crippen LogP) is 3.09. The van der Waals surface area contributed by atoms with Gasteiger partial charge >= 0.3 is 0 Å². The average molecular weight is 351 g/mol.